The van der Waals surface area contributed by atoms with E-state index < -0.39 is 18.0 Å². The van der Waals surface area contributed by atoms with Crippen LogP contribution >= 0.6 is 0 Å². The molecule has 0 aliphatic heterocycles. The predicted molar refractivity (Wildman–Crippen MR) is 77.1 cm³/mol. The van der Waals surface area contributed by atoms with E-state index in [1.165, 1.54) is 18.2 Å². The van der Waals surface area contributed by atoms with Crippen molar-refractivity contribution in [1.82, 2.24) is 0 Å². The maximum atomic E-state index is 12.4. The molecule has 0 atom stereocenters. The van der Waals surface area contributed by atoms with E-state index in [0.29, 0.717) is 11.3 Å². The molecule has 0 saturated carbocycles. The highest BCUT2D eigenvalue weighted by Crippen LogP contribution is 2.30. The first-order valence-corrected chi connectivity index (χ1v) is 6.33. The number of hydrogen-bond donors (Lipinski definition) is 2. The van der Waals surface area contributed by atoms with Crippen molar-refractivity contribution in [2.24, 2.45) is 0 Å². The fraction of sp³-hybridized carbons (Fsp3) is 0.133. The van der Waals surface area contributed by atoms with E-state index in [0.717, 1.165) is 6.07 Å². The maximum Gasteiger partial charge on any atom is 0.573 e. The summed E-state index contributed by atoms with van der Waals surface area (Å²) in [7, 11) is 1.65. The molecule has 2 aromatic carbocycles. The van der Waals surface area contributed by atoms with Gasteiger partial charge in [-0.2, -0.15) is 0 Å². The minimum atomic E-state index is -4.83. The first kappa shape index (κ1) is 15.7. The summed E-state index contributed by atoms with van der Waals surface area (Å²) < 4.78 is 41.0. The van der Waals surface area contributed by atoms with Crippen LogP contribution in [-0.2, 0) is 0 Å². The number of hydrogen-bond acceptors (Lipinski definition) is 3. The van der Waals surface area contributed by atoms with E-state index >= 15 is 0 Å². The Balaban J connectivity index is 2.25. The zero-order chi connectivity index (χ0) is 16.2. The highest BCUT2D eigenvalue weighted by molar-refractivity contribution is 6.08. The number of anilines is 2. The molecule has 0 fully saturated rings. The zero-order valence-corrected chi connectivity index (χ0v) is 11.6. The third kappa shape index (κ3) is 3.91. The van der Waals surface area contributed by atoms with Crippen molar-refractivity contribution in [2.75, 3.05) is 17.7 Å². The lowest BCUT2D eigenvalue weighted by Crippen LogP contribution is -2.20. The topological polar surface area (TPSA) is 50.4 Å². The van der Waals surface area contributed by atoms with Gasteiger partial charge in [-0.05, 0) is 24.3 Å². The average molecular weight is 310 g/mol. The van der Waals surface area contributed by atoms with Crippen molar-refractivity contribution in [3.05, 3.63) is 54.1 Å². The van der Waals surface area contributed by atoms with Gasteiger partial charge in [0.05, 0.1) is 11.3 Å². The minimum absolute atomic E-state index is 0.0595. The molecule has 0 aromatic heterocycles. The third-order valence-corrected chi connectivity index (χ3v) is 2.80. The van der Waals surface area contributed by atoms with Gasteiger partial charge in [0.1, 0.15) is 0 Å². The SMILES string of the molecule is CNc1ccccc1C(=O)Nc1ccccc1OC(F)(F)F. The minimum Gasteiger partial charge on any atom is -0.404 e. The first-order valence-electron chi connectivity index (χ1n) is 6.33. The fourth-order valence-electron chi connectivity index (χ4n) is 1.87. The van der Waals surface area contributed by atoms with Gasteiger partial charge in [0, 0.05) is 12.7 Å². The second-order valence-corrected chi connectivity index (χ2v) is 4.29. The Hall–Kier alpha value is -2.70. The monoisotopic (exact) mass is 310 g/mol. The molecular formula is C15H13F3N2O2. The standard InChI is InChI=1S/C15H13F3N2O2/c1-19-11-7-3-2-6-10(11)14(21)20-12-8-4-5-9-13(12)22-15(16,17)18/h2-9,19H,1H3,(H,20,21). The van der Waals surface area contributed by atoms with Crippen LogP contribution in [0.4, 0.5) is 24.5 Å². The van der Waals surface area contributed by atoms with Crippen LogP contribution in [0.1, 0.15) is 10.4 Å². The molecule has 2 aromatic rings. The molecule has 0 bridgehead atoms. The summed E-state index contributed by atoms with van der Waals surface area (Å²) in [5, 5.41) is 5.26. The van der Waals surface area contributed by atoms with Gasteiger partial charge in [-0.25, -0.2) is 0 Å². The van der Waals surface area contributed by atoms with Gasteiger partial charge in [-0.15, -0.1) is 13.2 Å². The molecule has 0 radical (unpaired) electrons. The number of alkyl halides is 3. The number of nitrogens with one attached hydrogen (secondary N) is 2. The van der Waals surface area contributed by atoms with Gasteiger partial charge in [0.25, 0.3) is 5.91 Å². The van der Waals surface area contributed by atoms with Crippen LogP contribution in [0.25, 0.3) is 0 Å². The third-order valence-electron chi connectivity index (χ3n) is 2.80. The molecular weight excluding hydrogens is 297 g/mol. The lowest BCUT2D eigenvalue weighted by atomic mass is 10.1. The zero-order valence-electron chi connectivity index (χ0n) is 11.6. The Morgan fingerprint density at radius 1 is 1.00 bits per heavy atom. The summed E-state index contributed by atoms with van der Waals surface area (Å²) in [4.78, 5) is 12.2. The van der Waals surface area contributed by atoms with Crippen LogP contribution in [0.5, 0.6) is 5.75 Å². The molecule has 0 spiro atoms. The number of benzene rings is 2. The number of ether oxygens (including phenoxy) is 1. The van der Waals surface area contributed by atoms with Crippen molar-refractivity contribution < 1.29 is 22.7 Å². The number of carbonyl (C=O) groups is 1. The summed E-state index contributed by atoms with van der Waals surface area (Å²) >= 11 is 0. The van der Waals surface area contributed by atoms with Crippen molar-refractivity contribution in [3.8, 4) is 5.75 Å². The molecule has 0 unspecified atom stereocenters. The largest absolute Gasteiger partial charge is 0.573 e. The highest BCUT2D eigenvalue weighted by Gasteiger charge is 2.32. The number of carbonyl (C=O) groups excluding carboxylic acids is 1. The van der Waals surface area contributed by atoms with E-state index in [4.69, 9.17) is 0 Å². The molecule has 0 aliphatic rings. The number of para-hydroxylation sites is 3. The lowest BCUT2D eigenvalue weighted by Gasteiger charge is -2.14. The van der Waals surface area contributed by atoms with Gasteiger partial charge >= 0.3 is 6.36 Å². The molecule has 0 saturated heterocycles. The van der Waals surface area contributed by atoms with Crippen LogP contribution in [0.2, 0.25) is 0 Å². The highest BCUT2D eigenvalue weighted by atomic mass is 19.4. The summed E-state index contributed by atoms with van der Waals surface area (Å²) in [5.74, 6) is -1.01. The van der Waals surface area contributed by atoms with Crippen LogP contribution in [-0.4, -0.2) is 19.3 Å². The van der Waals surface area contributed by atoms with Gasteiger partial charge in [0.2, 0.25) is 0 Å². The normalized spacial score (nSPS) is 10.9. The Bertz CT molecular complexity index is 672. The Kier molecular flexibility index (Phi) is 4.55. The number of amides is 1. The van der Waals surface area contributed by atoms with Gasteiger partial charge in [-0.1, -0.05) is 24.3 Å². The summed E-state index contributed by atoms with van der Waals surface area (Å²) in [5.41, 5.74) is 0.816. The predicted octanol–water partition coefficient (Wildman–Crippen LogP) is 3.88. The first-order chi connectivity index (χ1) is 10.4. The molecule has 2 N–H and O–H groups in total. The lowest BCUT2D eigenvalue weighted by molar-refractivity contribution is -0.274. The van der Waals surface area contributed by atoms with E-state index in [2.05, 4.69) is 15.4 Å². The molecule has 1 amide bonds. The van der Waals surface area contributed by atoms with Crippen molar-refractivity contribution >= 4 is 17.3 Å². The average Bonchev–Trinajstić information content (AvgIpc) is 2.47. The number of rotatable bonds is 4. The van der Waals surface area contributed by atoms with Gasteiger partial charge in [0.15, 0.2) is 5.75 Å². The smallest absolute Gasteiger partial charge is 0.404 e. The fourth-order valence-corrected chi connectivity index (χ4v) is 1.87. The van der Waals surface area contributed by atoms with Crippen LogP contribution in [0, 0.1) is 0 Å². The Morgan fingerprint density at radius 2 is 1.59 bits per heavy atom. The Morgan fingerprint density at radius 3 is 2.23 bits per heavy atom. The van der Waals surface area contributed by atoms with Crippen molar-refractivity contribution in [3.63, 3.8) is 0 Å². The maximum absolute atomic E-state index is 12.4. The molecule has 7 heteroatoms. The molecule has 0 heterocycles. The quantitative estimate of drug-likeness (QED) is 0.901. The van der Waals surface area contributed by atoms with Crippen molar-refractivity contribution in [1.29, 1.82) is 0 Å². The summed E-state index contributed by atoms with van der Waals surface area (Å²) in [6.07, 6.45) is -4.83. The molecule has 116 valence electrons. The summed E-state index contributed by atoms with van der Waals surface area (Å²) in [6, 6.07) is 12.0. The van der Waals surface area contributed by atoms with Gasteiger partial charge in [-0.3, -0.25) is 4.79 Å². The van der Waals surface area contributed by atoms with Crippen LogP contribution in [0.3, 0.4) is 0 Å². The van der Waals surface area contributed by atoms with Gasteiger partial charge < -0.3 is 15.4 Å². The Labute approximate surface area is 124 Å². The molecule has 2 rings (SSSR count). The number of halogens is 3. The van der Waals surface area contributed by atoms with E-state index in [1.54, 1.807) is 31.3 Å². The molecule has 4 nitrogen and oxygen atoms in total. The molecule has 0 aliphatic carbocycles. The molecule has 22 heavy (non-hydrogen) atoms. The van der Waals surface area contributed by atoms with Crippen LogP contribution in [0.15, 0.2) is 48.5 Å². The van der Waals surface area contributed by atoms with Crippen molar-refractivity contribution in [2.45, 2.75) is 6.36 Å². The van der Waals surface area contributed by atoms with E-state index in [1.807, 2.05) is 0 Å². The van der Waals surface area contributed by atoms with E-state index in [9.17, 15) is 18.0 Å². The second kappa shape index (κ2) is 6.38. The van der Waals surface area contributed by atoms with Crippen LogP contribution < -0.4 is 15.4 Å². The summed E-state index contributed by atoms with van der Waals surface area (Å²) in [6.45, 7) is 0. The second-order valence-electron chi connectivity index (χ2n) is 4.29. The van der Waals surface area contributed by atoms with E-state index in [-0.39, 0.29) is 5.69 Å².